The fourth-order valence-corrected chi connectivity index (χ4v) is 2.75. The van der Waals surface area contributed by atoms with E-state index in [2.05, 4.69) is 26.7 Å². The van der Waals surface area contributed by atoms with E-state index in [0.29, 0.717) is 13.1 Å². The topological polar surface area (TPSA) is 76.2 Å². The molecule has 0 bridgehead atoms. The van der Waals surface area contributed by atoms with E-state index in [0.717, 1.165) is 39.0 Å². The maximum Gasteiger partial charge on any atom is 0.224 e. The van der Waals surface area contributed by atoms with Crippen LogP contribution in [0.1, 0.15) is 25.5 Å². The zero-order valence-electron chi connectivity index (χ0n) is 12.2. The van der Waals surface area contributed by atoms with Gasteiger partial charge in [0.25, 0.3) is 0 Å². The molecule has 6 heteroatoms. The highest BCUT2D eigenvalue weighted by Crippen LogP contribution is 2.18. The first-order valence-corrected chi connectivity index (χ1v) is 7.43. The van der Waals surface area contributed by atoms with Crippen LogP contribution < -0.4 is 11.1 Å². The lowest BCUT2D eigenvalue weighted by Gasteiger charge is -2.32. The number of likely N-dealkylation sites (tertiary alicyclic amines) is 1. The van der Waals surface area contributed by atoms with Crippen LogP contribution in [-0.2, 0) is 17.9 Å². The summed E-state index contributed by atoms with van der Waals surface area (Å²) in [6.07, 6.45) is 5.83. The van der Waals surface area contributed by atoms with Crippen LogP contribution in [-0.4, -0.2) is 46.5 Å². The minimum Gasteiger partial charge on any atom is -0.355 e. The number of rotatable bonds is 6. The normalized spacial score (nSPS) is 20.0. The fraction of sp³-hybridized carbons (Fsp3) is 0.714. The number of nitrogens with one attached hydrogen (secondary N) is 1. The summed E-state index contributed by atoms with van der Waals surface area (Å²) in [6.45, 7) is 6.86. The Morgan fingerprint density at radius 1 is 1.60 bits per heavy atom. The molecule has 0 saturated carbocycles. The first-order valence-electron chi connectivity index (χ1n) is 7.43. The van der Waals surface area contributed by atoms with Crippen LogP contribution >= 0.6 is 0 Å². The molecule has 0 aliphatic carbocycles. The summed E-state index contributed by atoms with van der Waals surface area (Å²) < 4.78 is 2.15. The van der Waals surface area contributed by atoms with Crippen molar-refractivity contribution in [3.05, 3.63) is 18.2 Å². The van der Waals surface area contributed by atoms with Crippen molar-refractivity contribution in [2.75, 3.05) is 26.2 Å². The van der Waals surface area contributed by atoms with Crippen molar-refractivity contribution in [2.24, 2.45) is 11.7 Å². The first-order chi connectivity index (χ1) is 9.74. The van der Waals surface area contributed by atoms with Crippen molar-refractivity contribution >= 4 is 5.91 Å². The van der Waals surface area contributed by atoms with Gasteiger partial charge in [-0.3, -0.25) is 9.69 Å². The number of aromatic nitrogens is 2. The Bertz CT molecular complexity index is 431. The minimum atomic E-state index is 0.0910. The summed E-state index contributed by atoms with van der Waals surface area (Å²) >= 11 is 0. The molecule has 1 saturated heterocycles. The van der Waals surface area contributed by atoms with Gasteiger partial charge in [-0.1, -0.05) is 0 Å². The first kappa shape index (κ1) is 15.0. The van der Waals surface area contributed by atoms with Crippen LogP contribution in [0.15, 0.2) is 12.5 Å². The number of carbonyl (C=O) groups excluding carboxylic acids is 1. The van der Waals surface area contributed by atoms with Crippen LogP contribution in [0.2, 0.25) is 0 Å². The lowest BCUT2D eigenvalue weighted by Crippen LogP contribution is -2.43. The van der Waals surface area contributed by atoms with Crippen molar-refractivity contribution in [3.8, 4) is 0 Å². The molecular formula is C14H25N5O. The predicted octanol–water partition coefficient (Wildman–Crippen LogP) is 0.190. The summed E-state index contributed by atoms with van der Waals surface area (Å²) in [5.41, 5.74) is 6.64. The average Bonchev–Trinajstić information content (AvgIpc) is 2.92. The molecule has 1 aromatic heterocycles. The fourth-order valence-electron chi connectivity index (χ4n) is 2.75. The molecule has 1 fully saturated rings. The van der Waals surface area contributed by atoms with Crippen LogP contribution in [0.3, 0.4) is 0 Å². The number of carbonyl (C=O) groups is 1. The zero-order chi connectivity index (χ0) is 14.4. The van der Waals surface area contributed by atoms with E-state index in [9.17, 15) is 4.79 Å². The molecular weight excluding hydrogens is 254 g/mol. The minimum absolute atomic E-state index is 0.0910. The highest BCUT2D eigenvalue weighted by molar-refractivity contribution is 5.78. The van der Waals surface area contributed by atoms with Crippen LogP contribution in [0, 0.1) is 5.92 Å². The molecule has 1 aliphatic heterocycles. The van der Waals surface area contributed by atoms with Gasteiger partial charge < -0.3 is 15.6 Å². The summed E-state index contributed by atoms with van der Waals surface area (Å²) in [6, 6.07) is 0. The summed E-state index contributed by atoms with van der Waals surface area (Å²) in [5.74, 6) is 0.234. The molecule has 1 unspecified atom stereocenters. The molecule has 2 rings (SSSR count). The zero-order valence-corrected chi connectivity index (χ0v) is 12.2. The second-order valence-corrected chi connectivity index (χ2v) is 5.32. The molecule has 2 heterocycles. The maximum atomic E-state index is 12.0. The number of nitrogens with two attached hydrogens (primary N) is 1. The Labute approximate surface area is 120 Å². The number of amides is 1. The summed E-state index contributed by atoms with van der Waals surface area (Å²) in [4.78, 5) is 18.6. The smallest absolute Gasteiger partial charge is 0.224 e. The number of hydrogen-bond donors (Lipinski definition) is 2. The molecule has 0 spiro atoms. The Balaban J connectivity index is 1.88. The highest BCUT2D eigenvalue weighted by atomic mass is 16.1. The second-order valence-electron chi connectivity index (χ2n) is 5.32. The Morgan fingerprint density at radius 3 is 3.20 bits per heavy atom. The number of hydrogen-bond acceptors (Lipinski definition) is 4. The third-order valence-corrected chi connectivity index (χ3v) is 3.84. The monoisotopic (exact) mass is 279 g/mol. The highest BCUT2D eigenvalue weighted by Gasteiger charge is 2.25. The predicted molar refractivity (Wildman–Crippen MR) is 78.0 cm³/mol. The van der Waals surface area contributed by atoms with Gasteiger partial charge in [-0.15, -0.1) is 0 Å². The van der Waals surface area contributed by atoms with Crippen LogP contribution in [0.25, 0.3) is 0 Å². The molecule has 3 N–H and O–H groups in total. The summed E-state index contributed by atoms with van der Waals surface area (Å²) in [7, 11) is 0. The standard InChI is InChI=1S/C14H25N5O/c1-2-19-11-16-8-13(19)10-18-7-3-4-12(9-18)14(20)17-6-5-15/h8,11-12H,2-7,9-10,15H2,1H3,(H,17,20). The molecule has 6 nitrogen and oxygen atoms in total. The van der Waals surface area contributed by atoms with Gasteiger partial charge in [0.1, 0.15) is 0 Å². The van der Waals surface area contributed by atoms with E-state index < -0.39 is 0 Å². The molecule has 112 valence electrons. The SMILES string of the molecule is CCn1cncc1CN1CCCC(C(=O)NCCN)C1. The third-order valence-electron chi connectivity index (χ3n) is 3.84. The third kappa shape index (κ3) is 3.80. The van der Waals surface area contributed by atoms with Gasteiger partial charge in [0.05, 0.1) is 17.9 Å². The largest absolute Gasteiger partial charge is 0.355 e. The van der Waals surface area contributed by atoms with E-state index in [1.165, 1.54) is 5.69 Å². The van der Waals surface area contributed by atoms with Crippen molar-refractivity contribution in [1.29, 1.82) is 0 Å². The van der Waals surface area contributed by atoms with E-state index in [1.807, 2.05) is 12.5 Å². The molecule has 20 heavy (non-hydrogen) atoms. The van der Waals surface area contributed by atoms with E-state index >= 15 is 0 Å². The lowest BCUT2D eigenvalue weighted by atomic mass is 9.97. The molecule has 1 amide bonds. The van der Waals surface area contributed by atoms with Crippen molar-refractivity contribution in [2.45, 2.75) is 32.9 Å². The van der Waals surface area contributed by atoms with E-state index in [-0.39, 0.29) is 11.8 Å². The Kier molecular flexibility index (Phi) is 5.55. The number of piperidine rings is 1. The van der Waals surface area contributed by atoms with Crippen molar-refractivity contribution in [1.82, 2.24) is 19.8 Å². The maximum absolute atomic E-state index is 12.0. The molecule has 0 radical (unpaired) electrons. The van der Waals surface area contributed by atoms with Gasteiger partial charge >= 0.3 is 0 Å². The van der Waals surface area contributed by atoms with Gasteiger partial charge in [-0.25, -0.2) is 4.98 Å². The van der Waals surface area contributed by atoms with Gasteiger partial charge in [0.2, 0.25) is 5.91 Å². The van der Waals surface area contributed by atoms with Gasteiger partial charge in [-0.05, 0) is 26.3 Å². The Hall–Kier alpha value is -1.40. The number of nitrogens with zero attached hydrogens (tertiary/aromatic N) is 3. The van der Waals surface area contributed by atoms with Gasteiger partial charge in [-0.2, -0.15) is 0 Å². The van der Waals surface area contributed by atoms with Gasteiger partial charge in [0, 0.05) is 38.9 Å². The number of imidazole rings is 1. The van der Waals surface area contributed by atoms with E-state index in [4.69, 9.17) is 5.73 Å². The molecule has 1 aliphatic rings. The summed E-state index contributed by atoms with van der Waals surface area (Å²) in [5, 5.41) is 2.90. The van der Waals surface area contributed by atoms with Gasteiger partial charge in [0.15, 0.2) is 0 Å². The van der Waals surface area contributed by atoms with Crippen molar-refractivity contribution < 1.29 is 4.79 Å². The van der Waals surface area contributed by atoms with Crippen molar-refractivity contribution in [3.63, 3.8) is 0 Å². The lowest BCUT2D eigenvalue weighted by molar-refractivity contribution is -0.126. The quantitative estimate of drug-likeness (QED) is 0.779. The average molecular weight is 279 g/mol. The van der Waals surface area contributed by atoms with E-state index in [1.54, 1.807) is 0 Å². The Morgan fingerprint density at radius 2 is 2.45 bits per heavy atom. The number of aryl methyl sites for hydroxylation is 1. The molecule has 1 aromatic rings. The molecule has 1 atom stereocenters. The molecule has 0 aromatic carbocycles. The van der Waals surface area contributed by atoms with Crippen LogP contribution in [0.5, 0.6) is 0 Å². The van der Waals surface area contributed by atoms with Crippen LogP contribution in [0.4, 0.5) is 0 Å². The second kappa shape index (κ2) is 7.40.